The molecule has 4 heteroatoms. The highest BCUT2D eigenvalue weighted by Gasteiger charge is 2.08. The van der Waals surface area contributed by atoms with E-state index in [1.54, 1.807) is 24.3 Å². The molecule has 1 unspecified atom stereocenters. The minimum Gasteiger partial charge on any atom is -0.491 e. The molecule has 0 aliphatic carbocycles. The Morgan fingerprint density at radius 2 is 1.81 bits per heavy atom. The molecule has 4 nitrogen and oxygen atoms in total. The summed E-state index contributed by atoms with van der Waals surface area (Å²) in [6, 6.07) is 16.2. The van der Waals surface area contributed by atoms with Crippen LogP contribution in [0.5, 0.6) is 5.75 Å². The van der Waals surface area contributed by atoms with Gasteiger partial charge in [0.2, 0.25) is 0 Å². The molecule has 1 amide bonds. The van der Waals surface area contributed by atoms with E-state index in [0.717, 1.165) is 5.56 Å². The van der Waals surface area contributed by atoms with Gasteiger partial charge in [0.25, 0.3) is 5.91 Å². The highest BCUT2D eigenvalue weighted by molar-refractivity contribution is 5.94. The number of rotatable bonds is 6. The Morgan fingerprint density at radius 3 is 2.43 bits per heavy atom. The topological polar surface area (TPSA) is 58.6 Å². The highest BCUT2D eigenvalue weighted by Crippen LogP contribution is 2.17. The zero-order chi connectivity index (χ0) is 15.1. The van der Waals surface area contributed by atoms with E-state index in [1.165, 1.54) is 0 Å². The molecule has 110 valence electrons. The van der Waals surface area contributed by atoms with Gasteiger partial charge in [-0.2, -0.15) is 0 Å². The Kier molecular flexibility index (Phi) is 5.35. The van der Waals surface area contributed by atoms with Gasteiger partial charge in [0.1, 0.15) is 18.5 Å². The first-order valence-corrected chi connectivity index (χ1v) is 6.94. The number of carbonyl (C=O) groups is 1. The van der Waals surface area contributed by atoms with E-state index < -0.39 is 6.10 Å². The lowest BCUT2D eigenvalue weighted by Crippen LogP contribution is -2.22. The molecule has 0 radical (unpaired) electrons. The molecule has 21 heavy (non-hydrogen) atoms. The van der Waals surface area contributed by atoms with Crippen LogP contribution in [-0.4, -0.2) is 24.2 Å². The molecule has 0 fully saturated rings. The summed E-state index contributed by atoms with van der Waals surface area (Å²) in [5, 5.41) is 12.7. The van der Waals surface area contributed by atoms with Gasteiger partial charge in [0, 0.05) is 12.1 Å². The smallest absolute Gasteiger partial charge is 0.251 e. The maximum atomic E-state index is 11.6. The number of hydrogen-bond donors (Lipinski definition) is 2. The van der Waals surface area contributed by atoms with E-state index in [4.69, 9.17) is 4.74 Å². The van der Waals surface area contributed by atoms with Crippen LogP contribution in [0.25, 0.3) is 0 Å². The molecule has 0 heterocycles. The fourth-order valence-electron chi connectivity index (χ4n) is 1.91. The van der Waals surface area contributed by atoms with Crippen molar-refractivity contribution in [1.82, 2.24) is 5.32 Å². The molecule has 2 aromatic rings. The molecular formula is C17H19NO3. The van der Waals surface area contributed by atoms with Crippen molar-refractivity contribution in [3.8, 4) is 5.75 Å². The highest BCUT2D eigenvalue weighted by atomic mass is 16.5. The Labute approximate surface area is 124 Å². The maximum absolute atomic E-state index is 11.6. The van der Waals surface area contributed by atoms with Crippen LogP contribution < -0.4 is 10.1 Å². The lowest BCUT2D eigenvalue weighted by Gasteiger charge is -2.13. The average molecular weight is 285 g/mol. The van der Waals surface area contributed by atoms with Crippen molar-refractivity contribution >= 4 is 5.91 Å². The Balaban J connectivity index is 1.90. The molecule has 2 N–H and O–H groups in total. The standard InChI is InChI=1S/C17H19NO3/c1-2-18-17(20)14-8-10-15(11-9-14)21-12-16(19)13-6-4-3-5-7-13/h3-11,16,19H,2,12H2,1H3,(H,18,20). The van der Waals surface area contributed by atoms with Crippen LogP contribution in [0.3, 0.4) is 0 Å². The molecule has 0 bridgehead atoms. The van der Waals surface area contributed by atoms with Crippen molar-refractivity contribution in [1.29, 1.82) is 0 Å². The molecule has 0 aliphatic rings. The van der Waals surface area contributed by atoms with E-state index in [1.807, 2.05) is 37.3 Å². The average Bonchev–Trinajstić information content (AvgIpc) is 2.54. The van der Waals surface area contributed by atoms with Gasteiger partial charge in [0.05, 0.1) is 0 Å². The summed E-state index contributed by atoms with van der Waals surface area (Å²) in [4.78, 5) is 11.6. The summed E-state index contributed by atoms with van der Waals surface area (Å²) < 4.78 is 5.54. The maximum Gasteiger partial charge on any atom is 0.251 e. The molecule has 0 aromatic heterocycles. The van der Waals surface area contributed by atoms with Crippen LogP contribution in [0, 0.1) is 0 Å². The molecule has 2 rings (SSSR count). The van der Waals surface area contributed by atoms with Crippen LogP contribution in [0.4, 0.5) is 0 Å². The Hall–Kier alpha value is -2.33. The third-order valence-corrected chi connectivity index (χ3v) is 3.05. The summed E-state index contributed by atoms with van der Waals surface area (Å²) in [5.74, 6) is 0.520. The molecule has 0 saturated heterocycles. The fraction of sp³-hybridized carbons (Fsp3) is 0.235. The number of ether oxygens (including phenoxy) is 1. The monoisotopic (exact) mass is 285 g/mol. The SMILES string of the molecule is CCNC(=O)c1ccc(OCC(O)c2ccccc2)cc1. The minimum absolute atomic E-state index is 0.103. The Morgan fingerprint density at radius 1 is 1.14 bits per heavy atom. The second-order valence-corrected chi connectivity index (χ2v) is 4.62. The molecule has 0 saturated carbocycles. The van der Waals surface area contributed by atoms with Crippen molar-refractivity contribution in [2.45, 2.75) is 13.0 Å². The molecule has 2 aromatic carbocycles. The van der Waals surface area contributed by atoms with Crippen molar-refractivity contribution in [3.05, 3.63) is 65.7 Å². The van der Waals surface area contributed by atoms with Gasteiger partial charge in [-0.05, 0) is 36.8 Å². The van der Waals surface area contributed by atoms with Crippen LogP contribution in [0.15, 0.2) is 54.6 Å². The van der Waals surface area contributed by atoms with Gasteiger partial charge >= 0.3 is 0 Å². The van der Waals surface area contributed by atoms with Crippen molar-refractivity contribution in [2.24, 2.45) is 0 Å². The number of benzene rings is 2. The van der Waals surface area contributed by atoms with Gasteiger partial charge in [-0.25, -0.2) is 0 Å². The van der Waals surface area contributed by atoms with E-state index in [2.05, 4.69) is 5.32 Å². The normalized spacial score (nSPS) is 11.7. The summed E-state index contributed by atoms with van der Waals surface area (Å²) in [5.41, 5.74) is 1.41. The second-order valence-electron chi connectivity index (χ2n) is 4.62. The molecule has 0 spiro atoms. The van der Waals surface area contributed by atoms with Crippen molar-refractivity contribution in [2.75, 3.05) is 13.2 Å². The number of nitrogens with one attached hydrogen (secondary N) is 1. The predicted molar refractivity (Wildman–Crippen MR) is 81.3 cm³/mol. The van der Waals surface area contributed by atoms with Crippen LogP contribution in [0.2, 0.25) is 0 Å². The lowest BCUT2D eigenvalue weighted by molar-refractivity contribution is 0.0955. The van der Waals surface area contributed by atoms with Crippen LogP contribution >= 0.6 is 0 Å². The van der Waals surface area contributed by atoms with Gasteiger partial charge in [-0.1, -0.05) is 30.3 Å². The van der Waals surface area contributed by atoms with Gasteiger partial charge in [-0.3, -0.25) is 4.79 Å². The van der Waals surface area contributed by atoms with Crippen LogP contribution in [-0.2, 0) is 0 Å². The molecule has 1 atom stereocenters. The third kappa shape index (κ3) is 4.33. The zero-order valence-corrected chi connectivity index (χ0v) is 12.0. The van der Waals surface area contributed by atoms with Gasteiger partial charge < -0.3 is 15.2 Å². The number of amides is 1. The van der Waals surface area contributed by atoms with Crippen molar-refractivity contribution < 1.29 is 14.6 Å². The molecular weight excluding hydrogens is 266 g/mol. The van der Waals surface area contributed by atoms with Gasteiger partial charge in [-0.15, -0.1) is 0 Å². The zero-order valence-electron chi connectivity index (χ0n) is 12.0. The quantitative estimate of drug-likeness (QED) is 0.857. The lowest BCUT2D eigenvalue weighted by atomic mass is 10.1. The number of aliphatic hydroxyl groups is 1. The minimum atomic E-state index is -0.672. The number of carbonyl (C=O) groups excluding carboxylic acids is 1. The predicted octanol–water partition coefficient (Wildman–Crippen LogP) is 2.55. The first-order chi connectivity index (χ1) is 10.2. The molecule has 0 aliphatic heterocycles. The fourth-order valence-corrected chi connectivity index (χ4v) is 1.91. The van der Waals surface area contributed by atoms with Crippen molar-refractivity contribution in [3.63, 3.8) is 0 Å². The van der Waals surface area contributed by atoms with Gasteiger partial charge in [0.15, 0.2) is 0 Å². The summed E-state index contributed by atoms with van der Waals surface area (Å²) in [7, 11) is 0. The van der Waals surface area contributed by atoms with E-state index in [-0.39, 0.29) is 12.5 Å². The summed E-state index contributed by atoms with van der Waals surface area (Å²) in [6.45, 7) is 2.64. The summed E-state index contributed by atoms with van der Waals surface area (Å²) >= 11 is 0. The van der Waals surface area contributed by atoms with E-state index >= 15 is 0 Å². The van der Waals surface area contributed by atoms with Crippen LogP contribution in [0.1, 0.15) is 28.9 Å². The largest absolute Gasteiger partial charge is 0.491 e. The third-order valence-electron chi connectivity index (χ3n) is 3.05. The Bertz CT molecular complexity index is 566. The summed E-state index contributed by atoms with van der Waals surface area (Å²) in [6.07, 6.45) is -0.672. The number of aliphatic hydroxyl groups excluding tert-OH is 1. The number of hydrogen-bond acceptors (Lipinski definition) is 3. The first kappa shape index (κ1) is 15.1. The van der Waals surface area contributed by atoms with E-state index in [0.29, 0.717) is 17.9 Å². The first-order valence-electron chi connectivity index (χ1n) is 6.94. The second kappa shape index (κ2) is 7.45. The van der Waals surface area contributed by atoms with E-state index in [9.17, 15) is 9.90 Å².